The van der Waals surface area contributed by atoms with Gasteiger partial charge >= 0.3 is 6.18 Å². The predicted molar refractivity (Wildman–Crippen MR) is 38.4 cm³/mol. The van der Waals surface area contributed by atoms with Crippen molar-refractivity contribution in [1.29, 1.82) is 0 Å². The molecule has 1 atom stereocenters. The molecular weight excluding hydrogens is 171 g/mol. The lowest BCUT2D eigenvalue weighted by molar-refractivity contribution is -0.174. The molecule has 1 aliphatic heterocycles. The third kappa shape index (κ3) is 2.10. The first-order valence-electron chi connectivity index (χ1n) is 3.60. The summed E-state index contributed by atoms with van der Waals surface area (Å²) in [5.74, 6) is 3.91. The number of hydrazine groups is 1. The Morgan fingerprint density at radius 1 is 1.50 bits per heavy atom. The molecule has 0 amide bonds. The van der Waals surface area contributed by atoms with Crippen molar-refractivity contribution >= 4 is 5.84 Å². The molecule has 0 radical (unpaired) electrons. The summed E-state index contributed by atoms with van der Waals surface area (Å²) < 4.78 is 36.4. The molecule has 0 saturated heterocycles. The summed E-state index contributed by atoms with van der Waals surface area (Å²) in [6.45, 7) is 0.198. The molecule has 1 unspecified atom stereocenters. The van der Waals surface area contributed by atoms with Crippen LogP contribution in [0, 0.1) is 5.92 Å². The molecule has 0 bridgehead atoms. The van der Waals surface area contributed by atoms with Gasteiger partial charge in [0, 0.05) is 13.0 Å². The Morgan fingerprint density at radius 3 is 2.67 bits per heavy atom. The summed E-state index contributed by atoms with van der Waals surface area (Å²) in [7, 11) is 0. The molecule has 1 aliphatic rings. The van der Waals surface area contributed by atoms with Crippen molar-refractivity contribution in [3.05, 3.63) is 0 Å². The minimum absolute atomic E-state index is 0.0642. The zero-order valence-electron chi connectivity index (χ0n) is 6.36. The van der Waals surface area contributed by atoms with Crippen LogP contribution < -0.4 is 11.3 Å². The van der Waals surface area contributed by atoms with Crippen LogP contribution in [0.5, 0.6) is 0 Å². The van der Waals surface area contributed by atoms with Crippen LogP contribution in [-0.2, 0) is 0 Å². The van der Waals surface area contributed by atoms with Gasteiger partial charge in [0.15, 0.2) is 0 Å². The monoisotopic (exact) mass is 181 g/mol. The third-order valence-electron chi connectivity index (χ3n) is 1.85. The average molecular weight is 181 g/mol. The fourth-order valence-corrected chi connectivity index (χ4v) is 1.14. The number of amidine groups is 1. The normalized spacial score (nSPS) is 25.0. The second kappa shape index (κ2) is 3.30. The number of nitrogens with two attached hydrogens (primary N) is 1. The quantitative estimate of drug-likeness (QED) is 0.429. The highest BCUT2D eigenvalue weighted by molar-refractivity contribution is 5.82. The summed E-state index contributed by atoms with van der Waals surface area (Å²) >= 11 is 0. The zero-order valence-corrected chi connectivity index (χ0v) is 6.36. The number of rotatable bonds is 0. The Labute approximate surface area is 67.8 Å². The summed E-state index contributed by atoms with van der Waals surface area (Å²) in [5.41, 5.74) is 2.16. The summed E-state index contributed by atoms with van der Waals surface area (Å²) in [4.78, 5) is 3.79. The standard InChI is InChI=1S/C6H10F3N3/c7-6(8,9)4-1-2-11-5(3-4)12-10/h4H,1-3,10H2,(H,11,12). The highest BCUT2D eigenvalue weighted by Gasteiger charge is 2.40. The van der Waals surface area contributed by atoms with Gasteiger partial charge < -0.3 is 5.43 Å². The molecule has 6 heteroatoms. The van der Waals surface area contributed by atoms with Gasteiger partial charge in [-0.15, -0.1) is 0 Å². The van der Waals surface area contributed by atoms with E-state index < -0.39 is 12.1 Å². The van der Waals surface area contributed by atoms with E-state index in [0.29, 0.717) is 0 Å². The minimum atomic E-state index is -4.13. The number of alkyl halides is 3. The fourth-order valence-electron chi connectivity index (χ4n) is 1.14. The maximum atomic E-state index is 12.1. The molecule has 12 heavy (non-hydrogen) atoms. The first-order valence-corrected chi connectivity index (χ1v) is 3.60. The molecule has 3 nitrogen and oxygen atoms in total. The number of aliphatic imine (C=N–C) groups is 1. The second-order valence-corrected chi connectivity index (χ2v) is 2.70. The SMILES string of the molecule is NNC1=NCCC(C(F)(F)F)C1. The van der Waals surface area contributed by atoms with Gasteiger partial charge in [-0.25, -0.2) is 5.84 Å². The molecule has 70 valence electrons. The van der Waals surface area contributed by atoms with Crippen LogP contribution in [0.25, 0.3) is 0 Å². The maximum Gasteiger partial charge on any atom is 0.392 e. The van der Waals surface area contributed by atoms with E-state index in [1.165, 1.54) is 0 Å². The van der Waals surface area contributed by atoms with Gasteiger partial charge in [0.25, 0.3) is 0 Å². The molecule has 3 N–H and O–H groups in total. The molecule has 0 fully saturated rings. The van der Waals surface area contributed by atoms with Gasteiger partial charge in [-0.05, 0) is 6.42 Å². The lowest BCUT2D eigenvalue weighted by atomic mass is 9.98. The van der Waals surface area contributed by atoms with Crippen molar-refractivity contribution in [2.75, 3.05) is 6.54 Å². The highest BCUT2D eigenvalue weighted by atomic mass is 19.4. The van der Waals surface area contributed by atoms with E-state index >= 15 is 0 Å². The molecule has 0 aromatic carbocycles. The van der Waals surface area contributed by atoms with Crippen LogP contribution in [0.1, 0.15) is 12.8 Å². The molecular formula is C6H10F3N3. The largest absolute Gasteiger partial charge is 0.392 e. The van der Waals surface area contributed by atoms with Crippen LogP contribution in [0.15, 0.2) is 4.99 Å². The molecule has 1 heterocycles. The average Bonchev–Trinajstić information content (AvgIpc) is 2.03. The lowest BCUT2D eigenvalue weighted by Gasteiger charge is -2.23. The summed E-state index contributed by atoms with van der Waals surface area (Å²) in [5, 5.41) is 0. The van der Waals surface area contributed by atoms with Gasteiger partial charge in [0.05, 0.1) is 5.92 Å². The maximum absolute atomic E-state index is 12.1. The Balaban J connectivity index is 2.57. The van der Waals surface area contributed by atoms with E-state index in [2.05, 4.69) is 10.4 Å². The van der Waals surface area contributed by atoms with E-state index in [4.69, 9.17) is 5.84 Å². The van der Waals surface area contributed by atoms with Crippen LogP contribution in [0.4, 0.5) is 13.2 Å². The molecule has 0 spiro atoms. The van der Waals surface area contributed by atoms with Crippen LogP contribution in [-0.4, -0.2) is 18.6 Å². The van der Waals surface area contributed by atoms with E-state index in [1.54, 1.807) is 0 Å². The van der Waals surface area contributed by atoms with E-state index in [9.17, 15) is 13.2 Å². The van der Waals surface area contributed by atoms with Gasteiger partial charge in [-0.3, -0.25) is 4.99 Å². The molecule has 0 aliphatic carbocycles. The lowest BCUT2D eigenvalue weighted by Crippen LogP contribution is -2.38. The first-order chi connectivity index (χ1) is 5.54. The second-order valence-electron chi connectivity index (χ2n) is 2.70. The van der Waals surface area contributed by atoms with Crippen molar-refractivity contribution in [2.24, 2.45) is 16.8 Å². The van der Waals surface area contributed by atoms with E-state index in [-0.39, 0.29) is 25.2 Å². The molecule has 0 aromatic rings. The topological polar surface area (TPSA) is 50.4 Å². The van der Waals surface area contributed by atoms with E-state index in [0.717, 1.165) is 0 Å². The number of hydrogen-bond acceptors (Lipinski definition) is 3. The van der Waals surface area contributed by atoms with Gasteiger partial charge in [-0.1, -0.05) is 0 Å². The molecule has 1 rings (SSSR count). The van der Waals surface area contributed by atoms with E-state index in [1.807, 2.05) is 0 Å². The predicted octanol–water partition coefficient (Wildman–Crippen LogP) is 0.821. The number of nitrogens with zero attached hydrogens (tertiary/aromatic N) is 1. The fraction of sp³-hybridized carbons (Fsp3) is 0.833. The third-order valence-corrected chi connectivity index (χ3v) is 1.85. The van der Waals surface area contributed by atoms with Gasteiger partial charge in [0.2, 0.25) is 0 Å². The number of hydrogen-bond donors (Lipinski definition) is 2. The Kier molecular flexibility index (Phi) is 2.56. The smallest absolute Gasteiger partial charge is 0.312 e. The number of halogens is 3. The summed E-state index contributed by atoms with van der Waals surface area (Å²) in [6, 6.07) is 0. The number of nitrogens with one attached hydrogen (secondary N) is 1. The van der Waals surface area contributed by atoms with Crippen molar-refractivity contribution in [2.45, 2.75) is 19.0 Å². The first kappa shape index (κ1) is 9.31. The minimum Gasteiger partial charge on any atom is -0.312 e. The van der Waals surface area contributed by atoms with Crippen molar-refractivity contribution in [1.82, 2.24) is 5.43 Å². The Morgan fingerprint density at radius 2 is 2.17 bits per heavy atom. The van der Waals surface area contributed by atoms with Gasteiger partial charge in [-0.2, -0.15) is 13.2 Å². The Bertz CT molecular complexity index is 187. The molecule has 0 saturated carbocycles. The zero-order chi connectivity index (χ0) is 9.19. The van der Waals surface area contributed by atoms with Crippen LogP contribution in [0.3, 0.4) is 0 Å². The Hall–Kier alpha value is -0.780. The summed E-state index contributed by atoms with van der Waals surface area (Å²) in [6.07, 6.45) is -4.19. The van der Waals surface area contributed by atoms with Gasteiger partial charge in [0.1, 0.15) is 5.84 Å². The van der Waals surface area contributed by atoms with Crippen molar-refractivity contribution in [3.8, 4) is 0 Å². The van der Waals surface area contributed by atoms with Crippen LogP contribution >= 0.6 is 0 Å². The van der Waals surface area contributed by atoms with Crippen LogP contribution in [0.2, 0.25) is 0 Å². The molecule has 0 aromatic heterocycles. The highest BCUT2D eigenvalue weighted by Crippen LogP contribution is 2.33. The van der Waals surface area contributed by atoms with Crippen molar-refractivity contribution < 1.29 is 13.2 Å². The van der Waals surface area contributed by atoms with Crippen molar-refractivity contribution in [3.63, 3.8) is 0 Å².